The van der Waals surface area contributed by atoms with Crippen molar-refractivity contribution in [3.05, 3.63) is 64.1 Å². The van der Waals surface area contributed by atoms with Gasteiger partial charge in [0.15, 0.2) is 0 Å². The number of nitrogens with zero attached hydrogens (tertiary/aromatic N) is 1. The van der Waals surface area contributed by atoms with Crippen LogP contribution in [0.5, 0.6) is 0 Å². The summed E-state index contributed by atoms with van der Waals surface area (Å²) in [5.74, 6) is -0.395. The Hall–Kier alpha value is -1.81. The largest absolute Gasteiger partial charge is 0.366 e. The van der Waals surface area contributed by atoms with E-state index >= 15 is 0 Å². The molecule has 1 amide bonds. The lowest BCUT2D eigenvalue weighted by molar-refractivity contribution is 0.100. The van der Waals surface area contributed by atoms with Crippen molar-refractivity contribution in [1.82, 2.24) is 0 Å². The maximum Gasteiger partial charge on any atom is 0.248 e. The van der Waals surface area contributed by atoms with E-state index in [1.54, 1.807) is 12.1 Å². The molecule has 21 heavy (non-hydrogen) atoms. The van der Waals surface area contributed by atoms with E-state index in [0.717, 1.165) is 22.3 Å². The summed E-state index contributed by atoms with van der Waals surface area (Å²) in [5, 5.41) is 0. The van der Waals surface area contributed by atoms with E-state index in [1.807, 2.05) is 30.3 Å². The molecule has 0 aliphatic carbocycles. The van der Waals surface area contributed by atoms with Gasteiger partial charge in [-0.3, -0.25) is 4.79 Å². The molecular weight excluding hydrogens is 328 g/mol. The summed E-state index contributed by atoms with van der Waals surface area (Å²) in [5.41, 5.74) is 8.11. The maximum absolute atomic E-state index is 11.1. The molecule has 0 atom stereocenters. The third kappa shape index (κ3) is 3.85. The van der Waals surface area contributed by atoms with Crippen molar-refractivity contribution < 1.29 is 4.79 Å². The van der Waals surface area contributed by atoms with Crippen molar-refractivity contribution in [2.24, 2.45) is 5.73 Å². The predicted octanol–water partition coefficient (Wildman–Crippen LogP) is 3.96. The van der Waals surface area contributed by atoms with Gasteiger partial charge in [-0.1, -0.05) is 24.3 Å². The van der Waals surface area contributed by atoms with Crippen LogP contribution >= 0.6 is 15.9 Å². The van der Waals surface area contributed by atoms with E-state index in [0.29, 0.717) is 11.6 Å². The second-order valence-corrected chi connectivity index (χ2v) is 6.09. The number of benzene rings is 2. The summed E-state index contributed by atoms with van der Waals surface area (Å²) >= 11 is 3.61. The number of amides is 1. The Morgan fingerprint density at radius 2 is 1.76 bits per heavy atom. The smallest absolute Gasteiger partial charge is 0.248 e. The van der Waals surface area contributed by atoms with Gasteiger partial charge in [0.2, 0.25) is 5.91 Å². The molecule has 2 aromatic rings. The van der Waals surface area contributed by atoms with Crippen molar-refractivity contribution in [1.29, 1.82) is 0 Å². The third-order valence-corrected chi connectivity index (χ3v) is 4.05. The first-order valence-electron chi connectivity index (χ1n) is 6.89. The molecule has 2 aromatic carbocycles. The molecule has 0 unspecified atom stereocenters. The number of hydrogen-bond donors (Lipinski definition) is 1. The fourth-order valence-corrected chi connectivity index (χ4v) is 2.71. The van der Waals surface area contributed by atoms with Crippen LogP contribution in [-0.2, 0) is 6.54 Å². The molecule has 0 bridgehead atoms. The van der Waals surface area contributed by atoms with Gasteiger partial charge in [0.1, 0.15) is 0 Å². The van der Waals surface area contributed by atoms with E-state index in [2.05, 4.69) is 40.7 Å². The second-order valence-electron chi connectivity index (χ2n) is 5.23. The van der Waals surface area contributed by atoms with E-state index in [9.17, 15) is 4.79 Å². The Morgan fingerprint density at radius 3 is 2.29 bits per heavy atom. The fourth-order valence-electron chi connectivity index (χ4n) is 2.20. The number of rotatable bonds is 5. The van der Waals surface area contributed by atoms with Gasteiger partial charge < -0.3 is 10.6 Å². The van der Waals surface area contributed by atoms with Crippen molar-refractivity contribution in [2.75, 3.05) is 4.90 Å². The quantitative estimate of drug-likeness (QED) is 0.890. The molecule has 2 N–H and O–H groups in total. The van der Waals surface area contributed by atoms with Crippen LogP contribution in [0.4, 0.5) is 5.69 Å². The van der Waals surface area contributed by atoms with E-state index in [1.165, 1.54) is 0 Å². The molecule has 3 nitrogen and oxygen atoms in total. The van der Waals surface area contributed by atoms with Crippen LogP contribution in [0.15, 0.2) is 53.0 Å². The fraction of sp³-hybridized carbons (Fsp3) is 0.235. The average molecular weight is 347 g/mol. The van der Waals surface area contributed by atoms with Crippen LogP contribution in [0.1, 0.15) is 29.8 Å². The number of anilines is 1. The minimum atomic E-state index is -0.395. The zero-order chi connectivity index (χ0) is 15.4. The van der Waals surface area contributed by atoms with Crippen molar-refractivity contribution in [3.63, 3.8) is 0 Å². The van der Waals surface area contributed by atoms with Crippen LogP contribution in [0, 0.1) is 0 Å². The van der Waals surface area contributed by atoms with Gasteiger partial charge in [-0.05, 0) is 59.6 Å². The van der Waals surface area contributed by atoms with E-state index < -0.39 is 5.91 Å². The molecule has 0 aliphatic rings. The minimum Gasteiger partial charge on any atom is -0.366 e. The summed E-state index contributed by atoms with van der Waals surface area (Å²) < 4.78 is 1.08. The third-order valence-electron chi connectivity index (χ3n) is 3.38. The number of hydrogen-bond acceptors (Lipinski definition) is 2. The topological polar surface area (TPSA) is 46.3 Å². The first kappa shape index (κ1) is 15.6. The zero-order valence-electron chi connectivity index (χ0n) is 12.2. The molecule has 0 saturated heterocycles. The van der Waals surface area contributed by atoms with E-state index in [4.69, 9.17) is 5.73 Å². The molecule has 0 saturated carbocycles. The van der Waals surface area contributed by atoms with Gasteiger partial charge in [0, 0.05) is 22.6 Å². The standard InChI is InChI=1S/C17H19BrN2O/c1-12(2)20(16-6-4-3-5-15(16)18)11-13-7-9-14(10-8-13)17(19)21/h3-10,12H,11H2,1-2H3,(H2,19,21). The zero-order valence-corrected chi connectivity index (χ0v) is 13.8. The lowest BCUT2D eigenvalue weighted by Gasteiger charge is -2.30. The summed E-state index contributed by atoms with van der Waals surface area (Å²) in [4.78, 5) is 13.4. The molecule has 4 heteroatoms. The van der Waals surface area contributed by atoms with Gasteiger partial charge in [-0.15, -0.1) is 0 Å². The van der Waals surface area contributed by atoms with E-state index in [-0.39, 0.29) is 0 Å². The van der Waals surface area contributed by atoms with Gasteiger partial charge in [-0.25, -0.2) is 0 Å². The summed E-state index contributed by atoms with van der Waals surface area (Å²) in [7, 11) is 0. The number of halogens is 1. The molecule has 0 aliphatic heterocycles. The first-order valence-corrected chi connectivity index (χ1v) is 7.68. The molecule has 110 valence electrons. The Kier molecular flexibility index (Phi) is 5.02. The Morgan fingerprint density at radius 1 is 1.14 bits per heavy atom. The van der Waals surface area contributed by atoms with Crippen LogP contribution in [0.25, 0.3) is 0 Å². The predicted molar refractivity (Wildman–Crippen MR) is 90.4 cm³/mol. The molecule has 0 heterocycles. The highest BCUT2D eigenvalue weighted by Gasteiger charge is 2.14. The molecule has 2 rings (SSSR count). The molecule has 0 fully saturated rings. The summed E-state index contributed by atoms with van der Waals surface area (Å²) in [6, 6.07) is 16.0. The Labute approximate surface area is 133 Å². The van der Waals surface area contributed by atoms with Crippen molar-refractivity contribution in [3.8, 4) is 0 Å². The summed E-state index contributed by atoms with van der Waals surface area (Å²) in [6.45, 7) is 5.10. The molecular formula is C17H19BrN2O. The normalized spacial score (nSPS) is 10.7. The van der Waals surface area contributed by atoms with Gasteiger partial charge >= 0.3 is 0 Å². The highest BCUT2D eigenvalue weighted by atomic mass is 79.9. The summed E-state index contributed by atoms with van der Waals surface area (Å²) in [6.07, 6.45) is 0. The van der Waals surface area contributed by atoms with Crippen molar-refractivity contribution >= 4 is 27.5 Å². The number of primary amides is 1. The Balaban J connectivity index is 2.25. The highest BCUT2D eigenvalue weighted by molar-refractivity contribution is 9.10. The molecule has 0 radical (unpaired) electrons. The van der Waals surface area contributed by atoms with Crippen LogP contribution in [-0.4, -0.2) is 11.9 Å². The Bertz CT molecular complexity index is 623. The van der Waals surface area contributed by atoms with Crippen LogP contribution in [0.2, 0.25) is 0 Å². The van der Waals surface area contributed by atoms with Crippen LogP contribution in [0.3, 0.4) is 0 Å². The number of para-hydroxylation sites is 1. The monoisotopic (exact) mass is 346 g/mol. The van der Waals surface area contributed by atoms with Crippen LogP contribution < -0.4 is 10.6 Å². The lowest BCUT2D eigenvalue weighted by atomic mass is 10.1. The first-order chi connectivity index (χ1) is 9.99. The highest BCUT2D eigenvalue weighted by Crippen LogP contribution is 2.28. The SMILES string of the molecule is CC(C)N(Cc1ccc(C(N)=O)cc1)c1ccccc1Br. The number of carbonyl (C=O) groups is 1. The molecule has 0 aromatic heterocycles. The number of nitrogens with two attached hydrogens (primary N) is 1. The maximum atomic E-state index is 11.1. The lowest BCUT2D eigenvalue weighted by Crippen LogP contribution is -2.30. The average Bonchev–Trinajstić information content (AvgIpc) is 2.46. The van der Waals surface area contributed by atoms with Gasteiger partial charge in [-0.2, -0.15) is 0 Å². The second kappa shape index (κ2) is 6.76. The number of carbonyl (C=O) groups excluding carboxylic acids is 1. The van der Waals surface area contributed by atoms with Gasteiger partial charge in [0.25, 0.3) is 0 Å². The minimum absolute atomic E-state index is 0.361. The van der Waals surface area contributed by atoms with Crippen molar-refractivity contribution in [2.45, 2.75) is 26.4 Å². The van der Waals surface area contributed by atoms with Gasteiger partial charge in [0.05, 0.1) is 5.69 Å². The molecule has 0 spiro atoms.